The largest absolute Gasteiger partial charge is 0.393 e. The summed E-state index contributed by atoms with van der Waals surface area (Å²) in [7, 11) is 1.89. The molecule has 1 unspecified atom stereocenters. The van der Waals surface area contributed by atoms with Gasteiger partial charge in [-0.05, 0) is 31.4 Å². The first kappa shape index (κ1) is 12.8. The summed E-state index contributed by atoms with van der Waals surface area (Å²) >= 11 is 0. The predicted molar refractivity (Wildman–Crippen MR) is 72.4 cm³/mol. The van der Waals surface area contributed by atoms with Crippen molar-refractivity contribution in [1.82, 2.24) is 9.78 Å². The molecule has 0 fully saturated rings. The molecule has 1 N–H and O–H groups in total. The molecule has 1 atom stereocenters. The van der Waals surface area contributed by atoms with Crippen molar-refractivity contribution < 1.29 is 5.11 Å². The average molecular weight is 244 g/mol. The molecule has 0 amide bonds. The fourth-order valence-corrected chi connectivity index (χ4v) is 2.00. The van der Waals surface area contributed by atoms with Crippen molar-refractivity contribution in [2.45, 2.75) is 32.3 Å². The van der Waals surface area contributed by atoms with Crippen LogP contribution in [0.25, 0.3) is 0 Å². The Kier molecular flexibility index (Phi) is 4.15. The van der Waals surface area contributed by atoms with Crippen LogP contribution in [0.5, 0.6) is 0 Å². The van der Waals surface area contributed by atoms with E-state index in [1.54, 1.807) is 4.68 Å². The fraction of sp³-hybridized carbons (Fsp3) is 0.400. The third-order valence-corrected chi connectivity index (χ3v) is 3.10. The molecule has 96 valence electrons. The lowest BCUT2D eigenvalue weighted by Crippen LogP contribution is -2.12. The summed E-state index contributed by atoms with van der Waals surface area (Å²) in [5, 5.41) is 14.3. The molecule has 1 heterocycles. The van der Waals surface area contributed by atoms with Gasteiger partial charge in [-0.15, -0.1) is 0 Å². The molecular weight excluding hydrogens is 224 g/mol. The number of aliphatic hydroxyl groups is 1. The van der Waals surface area contributed by atoms with Gasteiger partial charge in [0, 0.05) is 19.7 Å². The second-order valence-corrected chi connectivity index (χ2v) is 4.86. The van der Waals surface area contributed by atoms with E-state index in [0.717, 1.165) is 18.5 Å². The fourth-order valence-electron chi connectivity index (χ4n) is 2.00. The van der Waals surface area contributed by atoms with Gasteiger partial charge in [-0.25, -0.2) is 0 Å². The molecule has 0 aliphatic carbocycles. The van der Waals surface area contributed by atoms with E-state index >= 15 is 0 Å². The van der Waals surface area contributed by atoms with E-state index in [2.05, 4.69) is 36.3 Å². The van der Waals surface area contributed by atoms with Gasteiger partial charge < -0.3 is 5.11 Å². The van der Waals surface area contributed by atoms with E-state index in [4.69, 9.17) is 0 Å². The van der Waals surface area contributed by atoms with Gasteiger partial charge in [0.1, 0.15) is 0 Å². The zero-order valence-electron chi connectivity index (χ0n) is 11.0. The molecule has 1 aromatic heterocycles. The van der Waals surface area contributed by atoms with Crippen molar-refractivity contribution in [2.24, 2.45) is 7.05 Å². The third-order valence-electron chi connectivity index (χ3n) is 3.10. The molecular formula is C15H20N2O. The van der Waals surface area contributed by atoms with Gasteiger partial charge in [0.2, 0.25) is 0 Å². The molecule has 0 aliphatic heterocycles. The van der Waals surface area contributed by atoms with Crippen molar-refractivity contribution in [1.29, 1.82) is 0 Å². The first-order chi connectivity index (χ1) is 8.63. The van der Waals surface area contributed by atoms with E-state index in [0.29, 0.717) is 6.42 Å². The summed E-state index contributed by atoms with van der Waals surface area (Å²) in [5.41, 5.74) is 3.50. The Balaban J connectivity index is 1.81. The van der Waals surface area contributed by atoms with E-state index in [-0.39, 0.29) is 6.10 Å². The highest BCUT2D eigenvalue weighted by molar-refractivity contribution is 5.21. The minimum Gasteiger partial charge on any atom is -0.393 e. The lowest BCUT2D eigenvalue weighted by atomic mass is 10.0. The van der Waals surface area contributed by atoms with Gasteiger partial charge >= 0.3 is 0 Å². The van der Waals surface area contributed by atoms with E-state index in [1.807, 2.05) is 19.3 Å². The van der Waals surface area contributed by atoms with Crippen molar-refractivity contribution in [2.75, 3.05) is 0 Å². The van der Waals surface area contributed by atoms with Gasteiger partial charge in [0.25, 0.3) is 0 Å². The molecule has 18 heavy (non-hydrogen) atoms. The summed E-state index contributed by atoms with van der Waals surface area (Å²) < 4.78 is 1.77. The van der Waals surface area contributed by atoms with Gasteiger partial charge in [-0.3, -0.25) is 4.68 Å². The lowest BCUT2D eigenvalue weighted by Gasteiger charge is -2.09. The minimum absolute atomic E-state index is 0.318. The highest BCUT2D eigenvalue weighted by Crippen LogP contribution is 2.10. The summed E-state index contributed by atoms with van der Waals surface area (Å²) in [6, 6.07) is 10.4. The summed E-state index contributed by atoms with van der Waals surface area (Å²) in [6.07, 6.45) is 3.91. The molecule has 2 rings (SSSR count). The highest BCUT2D eigenvalue weighted by Gasteiger charge is 2.08. The second-order valence-electron chi connectivity index (χ2n) is 4.86. The van der Waals surface area contributed by atoms with E-state index < -0.39 is 0 Å². The maximum Gasteiger partial charge on any atom is 0.0650 e. The molecule has 3 heteroatoms. The number of rotatable bonds is 5. The van der Waals surface area contributed by atoms with Crippen LogP contribution in [0.4, 0.5) is 0 Å². The SMILES string of the molecule is Cc1ccc(CCC(O)Cc2ccn(C)n2)cc1. The average Bonchev–Trinajstić information content (AvgIpc) is 2.74. The topological polar surface area (TPSA) is 38.0 Å². The normalized spacial score (nSPS) is 12.6. The van der Waals surface area contributed by atoms with Crippen molar-refractivity contribution in [3.63, 3.8) is 0 Å². The second kappa shape index (κ2) is 5.83. The Morgan fingerprint density at radius 1 is 1.22 bits per heavy atom. The van der Waals surface area contributed by atoms with Crippen LogP contribution in [-0.4, -0.2) is 21.0 Å². The summed E-state index contributed by atoms with van der Waals surface area (Å²) in [5.74, 6) is 0. The standard InChI is InChI=1S/C15H20N2O/c1-12-3-5-13(6-4-12)7-8-15(18)11-14-9-10-17(2)16-14/h3-6,9-10,15,18H,7-8,11H2,1-2H3. The lowest BCUT2D eigenvalue weighted by molar-refractivity contribution is 0.164. The van der Waals surface area contributed by atoms with Crippen molar-refractivity contribution in [3.05, 3.63) is 53.3 Å². The zero-order chi connectivity index (χ0) is 13.0. The van der Waals surface area contributed by atoms with Gasteiger partial charge in [-0.1, -0.05) is 29.8 Å². The van der Waals surface area contributed by atoms with E-state index in [9.17, 15) is 5.11 Å². The Hall–Kier alpha value is -1.61. The van der Waals surface area contributed by atoms with Crippen LogP contribution in [0.3, 0.4) is 0 Å². The summed E-state index contributed by atoms with van der Waals surface area (Å²) in [4.78, 5) is 0. The molecule has 3 nitrogen and oxygen atoms in total. The number of aliphatic hydroxyl groups excluding tert-OH is 1. The van der Waals surface area contributed by atoms with Crippen LogP contribution in [0.15, 0.2) is 36.5 Å². The van der Waals surface area contributed by atoms with Crippen LogP contribution in [0.1, 0.15) is 23.2 Å². The van der Waals surface area contributed by atoms with Crippen LogP contribution < -0.4 is 0 Å². The summed E-state index contributed by atoms with van der Waals surface area (Å²) in [6.45, 7) is 2.08. The quantitative estimate of drug-likeness (QED) is 0.876. The number of benzene rings is 1. The molecule has 2 aromatic rings. The smallest absolute Gasteiger partial charge is 0.0650 e. The number of hydrogen-bond acceptors (Lipinski definition) is 2. The monoisotopic (exact) mass is 244 g/mol. The Bertz CT molecular complexity index is 487. The van der Waals surface area contributed by atoms with E-state index in [1.165, 1.54) is 11.1 Å². The molecule has 0 aliphatic rings. The maximum absolute atomic E-state index is 9.98. The Morgan fingerprint density at radius 3 is 2.56 bits per heavy atom. The minimum atomic E-state index is -0.318. The van der Waals surface area contributed by atoms with Crippen LogP contribution >= 0.6 is 0 Å². The van der Waals surface area contributed by atoms with Gasteiger partial charge in [-0.2, -0.15) is 5.10 Å². The molecule has 1 aromatic carbocycles. The number of nitrogens with zero attached hydrogens (tertiary/aromatic N) is 2. The predicted octanol–water partition coefficient (Wildman–Crippen LogP) is 2.26. The van der Waals surface area contributed by atoms with Crippen molar-refractivity contribution >= 4 is 0 Å². The molecule has 0 spiro atoms. The van der Waals surface area contributed by atoms with Crippen molar-refractivity contribution in [3.8, 4) is 0 Å². The Labute approximate surface area is 108 Å². The number of aromatic nitrogens is 2. The molecule has 0 radical (unpaired) electrons. The number of aryl methyl sites for hydroxylation is 3. The molecule has 0 saturated heterocycles. The molecule has 0 saturated carbocycles. The van der Waals surface area contributed by atoms with Crippen LogP contribution in [0.2, 0.25) is 0 Å². The van der Waals surface area contributed by atoms with Crippen LogP contribution in [-0.2, 0) is 19.9 Å². The first-order valence-corrected chi connectivity index (χ1v) is 6.35. The highest BCUT2D eigenvalue weighted by atomic mass is 16.3. The Morgan fingerprint density at radius 2 is 1.94 bits per heavy atom. The van der Waals surface area contributed by atoms with Crippen LogP contribution in [0, 0.1) is 6.92 Å². The first-order valence-electron chi connectivity index (χ1n) is 6.35. The third kappa shape index (κ3) is 3.70. The zero-order valence-corrected chi connectivity index (χ0v) is 11.0. The maximum atomic E-state index is 9.98. The van der Waals surface area contributed by atoms with Gasteiger partial charge in [0.15, 0.2) is 0 Å². The molecule has 0 bridgehead atoms. The number of hydrogen-bond donors (Lipinski definition) is 1. The van der Waals surface area contributed by atoms with Gasteiger partial charge in [0.05, 0.1) is 11.8 Å².